The van der Waals surface area contributed by atoms with E-state index in [1.165, 1.54) is 11.3 Å². The smallest absolute Gasteiger partial charge is 0.282 e. The van der Waals surface area contributed by atoms with Crippen molar-refractivity contribution in [3.8, 4) is 0 Å². The van der Waals surface area contributed by atoms with E-state index in [2.05, 4.69) is 20.9 Å². The van der Waals surface area contributed by atoms with Gasteiger partial charge in [-0.1, -0.05) is 50.5 Å². The third-order valence-corrected chi connectivity index (χ3v) is 5.93. The fourth-order valence-electron chi connectivity index (χ4n) is 1.85. The molecule has 0 N–H and O–H groups in total. The fourth-order valence-corrected chi connectivity index (χ4v) is 4.86. The molecule has 0 bridgehead atoms. The summed E-state index contributed by atoms with van der Waals surface area (Å²) in [4.78, 5) is 17.0. The Morgan fingerprint density at radius 1 is 1.29 bits per heavy atom. The molecule has 8 heteroatoms. The van der Waals surface area contributed by atoms with Crippen LogP contribution in [0.25, 0.3) is 10.2 Å². The number of carbonyl (C=O) groups is 1. The van der Waals surface area contributed by atoms with Crippen LogP contribution >= 0.6 is 61.8 Å². The molecule has 1 aromatic carbocycles. The molecule has 1 amide bonds. The Bertz CT molecular complexity index is 926. The second kappa shape index (κ2) is 5.85. The molecule has 3 nitrogen and oxygen atoms in total. The molecule has 0 saturated heterocycles. The molecule has 2 aromatic heterocycles. The summed E-state index contributed by atoms with van der Waals surface area (Å²) >= 11 is 17.9. The first-order valence-corrected chi connectivity index (χ1v) is 8.93. The number of aromatic nitrogens is 1. The van der Waals surface area contributed by atoms with Crippen LogP contribution in [-0.4, -0.2) is 10.5 Å². The number of amides is 1. The van der Waals surface area contributed by atoms with Crippen LogP contribution in [0.2, 0.25) is 8.67 Å². The van der Waals surface area contributed by atoms with Crippen LogP contribution < -0.4 is 4.80 Å². The molecule has 3 aromatic rings. The summed E-state index contributed by atoms with van der Waals surface area (Å²) in [5.74, 6) is -0.385. The van der Waals surface area contributed by atoms with E-state index in [4.69, 9.17) is 23.2 Å². The normalized spacial score (nSPS) is 12.3. The molecule has 108 valence electrons. The van der Waals surface area contributed by atoms with Gasteiger partial charge in [0, 0.05) is 11.5 Å². The molecular weight excluding hydrogens is 415 g/mol. The average molecular weight is 422 g/mol. The monoisotopic (exact) mass is 420 g/mol. The van der Waals surface area contributed by atoms with Gasteiger partial charge in [0.2, 0.25) is 0 Å². The van der Waals surface area contributed by atoms with Gasteiger partial charge < -0.3 is 4.57 Å². The number of nitrogens with zero attached hydrogens (tertiary/aromatic N) is 2. The number of hydrogen-bond donors (Lipinski definition) is 0. The molecule has 0 spiro atoms. The Balaban J connectivity index is 2.13. The van der Waals surface area contributed by atoms with Crippen LogP contribution in [-0.2, 0) is 7.05 Å². The van der Waals surface area contributed by atoms with Gasteiger partial charge in [-0.2, -0.15) is 4.99 Å². The lowest BCUT2D eigenvalue weighted by Crippen LogP contribution is -2.13. The number of fused-ring (bicyclic) bond motifs is 1. The van der Waals surface area contributed by atoms with E-state index in [1.807, 2.05) is 29.8 Å². The molecule has 0 fully saturated rings. The molecule has 0 saturated carbocycles. The van der Waals surface area contributed by atoms with Crippen LogP contribution in [0.1, 0.15) is 10.4 Å². The van der Waals surface area contributed by atoms with E-state index in [-0.39, 0.29) is 5.91 Å². The Hall–Kier alpha value is -0.660. The van der Waals surface area contributed by atoms with Crippen molar-refractivity contribution >= 4 is 77.9 Å². The van der Waals surface area contributed by atoms with Crippen LogP contribution in [0.15, 0.2) is 33.7 Å². The van der Waals surface area contributed by atoms with Crippen molar-refractivity contribution in [3.05, 3.63) is 47.8 Å². The van der Waals surface area contributed by atoms with E-state index in [9.17, 15) is 4.79 Å². The topological polar surface area (TPSA) is 34.4 Å². The first-order chi connectivity index (χ1) is 9.95. The van der Waals surface area contributed by atoms with Gasteiger partial charge in [0.15, 0.2) is 4.80 Å². The maximum absolute atomic E-state index is 12.2. The van der Waals surface area contributed by atoms with Gasteiger partial charge in [0.05, 0.1) is 20.1 Å². The molecule has 0 atom stereocenters. The highest BCUT2D eigenvalue weighted by Gasteiger charge is 2.14. The molecule has 3 rings (SSSR count). The van der Waals surface area contributed by atoms with Crippen LogP contribution in [0, 0.1) is 0 Å². The van der Waals surface area contributed by atoms with Gasteiger partial charge in [-0.15, -0.1) is 11.3 Å². The SMILES string of the molecule is Cn1c(=NC(=O)c2cc(Cl)sc2Cl)sc2cc(Br)ccc21. The first-order valence-electron chi connectivity index (χ1n) is 5.74. The van der Waals surface area contributed by atoms with Crippen LogP contribution in [0.3, 0.4) is 0 Å². The predicted octanol–water partition coefficient (Wildman–Crippen LogP) is 5.11. The highest BCUT2D eigenvalue weighted by atomic mass is 79.9. The van der Waals surface area contributed by atoms with Gasteiger partial charge in [0.25, 0.3) is 5.91 Å². The van der Waals surface area contributed by atoms with E-state index in [1.54, 1.807) is 6.07 Å². The van der Waals surface area contributed by atoms with Crippen molar-refractivity contribution in [2.24, 2.45) is 12.0 Å². The van der Waals surface area contributed by atoms with Gasteiger partial charge in [-0.3, -0.25) is 4.79 Å². The number of hydrogen-bond acceptors (Lipinski definition) is 3. The van der Waals surface area contributed by atoms with Crippen molar-refractivity contribution in [3.63, 3.8) is 0 Å². The summed E-state index contributed by atoms with van der Waals surface area (Å²) in [6.07, 6.45) is 0. The highest BCUT2D eigenvalue weighted by Crippen LogP contribution is 2.31. The molecule has 21 heavy (non-hydrogen) atoms. The quantitative estimate of drug-likeness (QED) is 0.537. The van der Waals surface area contributed by atoms with Crippen molar-refractivity contribution in [2.45, 2.75) is 0 Å². The second-order valence-electron chi connectivity index (χ2n) is 4.21. The number of halogens is 3. The molecule has 2 heterocycles. The zero-order valence-electron chi connectivity index (χ0n) is 10.6. The third kappa shape index (κ3) is 2.96. The maximum Gasteiger partial charge on any atom is 0.282 e. The number of aryl methyl sites for hydroxylation is 1. The van der Waals surface area contributed by atoms with Crippen LogP contribution in [0.5, 0.6) is 0 Å². The molecule has 0 aliphatic rings. The first kappa shape index (κ1) is 15.2. The molecular formula is C13H7BrCl2N2OS2. The lowest BCUT2D eigenvalue weighted by Gasteiger charge is -1.95. The highest BCUT2D eigenvalue weighted by molar-refractivity contribution is 9.10. The minimum Gasteiger partial charge on any atom is -0.319 e. The molecule has 0 radical (unpaired) electrons. The third-order valence-electron chi connectivity index (χ3n) is 2.86. The fraction of sp³-hybridized carbons (Fsp3) is 0.0769. The van der Waals surface area contributed by atoms with E-state index in [0.717, 1.165) is 26.0 Å². The maximum atomic E-state index is 12.2. The largest absolute Gasteiger partial charge is 0.319 e. The van der Waals surface area contributed by atoms with Gasteiger partial charge in [-0.25, -0.2) is 0 Å². The number of carbonyl (C=O) groups excluding carboxylic acids is 1. The Morgan fingerprint density at radius 3 is 2.71 bits per heavy atom. The van der Waals surface area contributed by atoms with Crippen molar-refractivity contribution in [1.82, 2.24) is 4.57 Å². The van der Waals surface area contributed by atoms with Crippen molar-refractivity contribution in [2.75, 3.05) is 0 Å². The summed E-state index contributed by atoms with van der Waals surface area (Å²) in [6, 6.07) is 7.48. The average Bonchev–Trinajstić information content (AvgIpc) is 2.90. The molecule has 0 aliphatic heterocycles. The second-order valence-corrected chi connectivity index (χ2v) is 8.42. The zero-order valence-corrected chi connectivity index (χ0v) is 15.3. The lowest BCUT2D eigenvalue weighted by atomic mass is 10.3. The summed E-state index contributed by atoms with van der Waals surface area (Å²) in [5, 5.41) is 0. The Morgan fingerprint density at radius 2 is 2.05 bits per heavy atom. The van der Waals surface area contributed by atoms with Crippen molar-refractivity contribution < 1.29 is 4.79 Å². The Labute approximate surface area is 146 Å². The number of thiazole rings is 1. The number of rotatable bonds is 1. The predicted molar refractivity (Wildman–Crippen MR) is 92.7 cm³/mol. The van der Waals surface area contributed by atoms with E-state index >= 15 is 0 Å². The number of thiophene rings is 1. The minimum absolute atomic E-state index is 0.338. The van der Waals surface area contributed by atoms with Crippen LogP contribution in [0.4, 0.5) is 0 Å². The van der Waals surface area contributed by atoms with E-state index < -0.39 is 0 Å². The molecule has 0 aliphatic carbocycles. The van der Waals surface area contributed by atoms with Gasteiger partial charge in [0.1, 0.15) is 4.34 Å². The summed E-state index contributed by atoms with van der Waals surface area (Å²) < 4.78 is 4.75. The van der Waals surface area contributed by atoms with Gasteiger partial charge in [-0.05, 0) is 24.3 Å². The summed E-state index contributed by atoms with van der Waals surface area (Å²) in [6.45, 7) is 0. The van der Waals surface area contributed by atoms with Crippen molar-refractivity contribution in [1.29, 1.82) is 0 Å². The van der Waals surface area contributed by atoms with E-state index in [0.29, 0.717) is 19.0 Å². The summed E-state index contributed by atoms with van der Waals surface area (Å²) in [7, 11) is 1.88. The summed E-state index contributed by atoms with van der Waals surface area (Å²) in [5.41, 5.74) is 1.36. The lowest BCUT2D eigenvalue weighted by molar-refractivity contribution is 0.0998. The van der Waals surface area contributed by atoms with Gasteiger partial charge >= 0.3 is 0 Å². The minimum atomic E-state index is -0.385. The molecule has 0 unspecified atom stereocenters. The Kier molecular flexibility index (Phi) is 4.25. The number of benzene rings is 1. The standard InChI is InChI=1S/C13H7BrCl2N2OS2/c1-18-8-3-2-6(14)4-9(8)20-13(18)17-12(19)7-5-10(15)21-11(7)16/h2-5H,1H3. The zero-order chi connectivity index (χ0) is 15.1.